The van der Waals surface area contributed by atoms with Crippen molar-refractivity contribution in [1.29, 1.82) is 0 Å². The standard InChI is InChI=1S/C17H15BrO4/c18-14-8-17-16(21-10-22-17)7-13(14)15(20)6-5-11-3-1-2-4-12(11)9-19/h1-8,15,19-20H,9-10H2/b6-5+. The Balaban J connectivity index is 1.85. The average molecular weight is 363 g/mol. The van der Waals surface area contributed by atoms with Crippen LogP contribution in [0.4, 0.5) is 0 Å². The Kier molecular flexibility index (Phi) is 4.47. The van der Waals surface area contributed by atoms with Crippen LogP contribution in [0.15, 0.2) is 46.9 Å². The predicted molar refractivity (Wildman–Crippen MR) is 86.6 cm³/mol. The van der Waals surface area contributed by atoms with Gasteiger partial charge < -0.3 is 19.7 Å². The van der Waals surface area contributed by atoms with Gasteiger partial charge in [-0.05, 0) is 23.3 Å². The molecule has 1 atom stereocenters. The molecule has 0 bridgehead atoms. The zero-order valence-electron chi connectivity index (χ0n) is 11.7. The summed E-state index contributed by atoms with van der Waals surface area (Å²) in [4.78, 5) is 0. The minimum atomic E-state index is -0.796. The molecular weight excluding hydrogens is 348 g/mol. The van der Waals surface area contributed by atoms with Gasteiger partial charge in [-0.3, -0.25) is 0 Å². The van der Waals surface area contributed by atoms with Crippen molar-refractivity contribution in [2.75, 3.05) is 6.79 Å². The first-order chi connectivity index (χ1) is 10.7. The zero-order valence-corrected chi connectivity index (χ0v) is 13.3. The quantitative estimate of drug-likeness (QED) is 0.874. The normalized spacial score (nSPS) is 14.5. The number of fused-ring (bicyclic) bond motifs is 1. The Morgan fingerprint density at radius 3 is 2.68 bits per heavy atom. The Morgan fingerprint density at radius 2 is 1.91 bits per heavy atom. The molecule has 2 aromatic carbocycles. The first-order valence-corrected chi connectivity index (χ1v) is 7.62. The summed E-state index contributed by atoms with van der Waals surface area (Å²) in [6.45, 7) is 0.158. The summed E-state index contributed by atoms with van der Waals surface area (Å²) < 4.78 is 11.4. The van der Waals surface area contributed by atoms with Gasteiger partial charge in [0.1, 0.15) is 0 Å². The molecule has 114 valence electrons. The minimum absolute atomic E-state index is 0.0374. The van der Waals surface area contributed by atoms with E-state index in [1.807, 2.05) is 24.3 Å². The van der Waals surface area contributed by atoms with Crippen molar-refractivity contribution in [3.63, 3.8) is 0 Å². The van der Waals surface area contributed by atoms with E-state index in [-0.39, 0.29) is 13.4 Å². The number of rotatable bonds is 4. The van der Waals surface area contributed by atoms with Gasteiger partial charge in [0.25, 0.3) is 0 Å². The topological polar surface area (TPSA) is 58.9 Å². The fraction of sp³-hybridized carbons (Fsp3) is 0.176. The van der Waals surface area contributed by atoms with Crippen molar-refractivity contribution >= 4 is 22.0 Å². The Hall–Kier alpha value is -1.82. The number of ether oxygens (including phenoxy) is 2. The maximum atomic E-state index is 10.4. The van der Waals surface area contributed by atoms with Crippen LogP contribution < -0.4 is 9.47 Å². The summed E-state index contributed by atoms with van der Waals surface area (Å²) in [5.41, 5.74) is 2.39. The average Bonchev–Trinajstić information content (AvgIpc) is 2.99. The molecule has 5 heteroatoms. The highest BCUT2D eigenvalue weighted by molar-refractivity contribution is 9.10. The maximum Gasteiger partial charge on any atom is 0.231 e. The van der Waals surface area contributed by atoms with Crippen LogP contribution in [0.1, 0.15) is 22.8 Å². The molecule has 2 aromatic rings. The highest BCUT2D eigenvalue weighted by atomic mass is 79.9. The van der Waals surface area contributed by atoms with E-state index in [4.69, 9.17) is 9.47 Å². The molecule has 0 aliphatic carbocycles. The number of aliphatic hydroxyl groups excluding tert-OH is 2. The lowest BCUT2D eigenvalue weighted by Gasteiger charge is -2.10. The summed E-state index contributed by atoms with van der Waals surface area (Å²) >= 11 is 3.44. The van der Waals surface area contributed by atoms with Gasteiger partial charge >= 0.3 is 0 Å². The summed E-state index contributed by atoms with van der Waals surface area (Å²) in [6, 6.07) is 11.1. The van der Waals surface area contributed by atoms with Crippen molar-refractivity contribution in [3.05, 3.63) is 63.6 Å². The zero-order chi connectivity index (χ0) is 15.5. The van der Waals surface area contributed by atoms with Gasteiger partial charge in [0.15, 0.2) is 11.5 Å². The van der Waals surface area contributed by atoms with Gasteiger partial charge in [0, 0.05) is 10.0 Å². The van der Waals surface area contributed by atoms with Gasteiger partial charge in [0.05, 0.1) is 12.7 Å². The Bertz CT molecular complexity index is 712. The molecule has 0 saturated carbocycles. The van der Waals surface area contributed by atoms with Crippen LogP contribution >= 0.6 is 15.9 Å². The predicted octanol–water partition coefficient (Wildman–Crippen LogP) is 3.42. The highest BCUT2D eigenvalue weighted by Gasteiger charge is 2.19. The van der Waals surface area contributed by atoms with E-state index in [0.717, 1.165) is 15.6 Å². The van der Waals surface area contributed by atoms with Crippen LogP contribution in [0.5, 0.6) is 11.5 Å². The second kappa shape index (κ2) is 6.52. The van der Waals surface area contributed by atoms with E-state index in [0.29, 0.717) is 17.1 Å². The Labute approximate surface area is 136 Å². The lowest BCUT2D eigenvalue weighted by atomic mass is 10.0. The van der Waals surface area contributed by atoms with E-state index < -0.39 is 6.10 Å². The third-order valence-corrected chi connectivity index (χ3v) is 4.18. The molecule has 4 nitrogen and oxygen atoms in total. The molecule has 0 aromatic heterocycles. The summed E-state index contributed by atoms with van der Waals surface area (Å²) in [6.07, 6.45) is 2.68. The molecular formula is C17H15BrO4. The summed E-state index contributed by atoms with van der Waals surface area (Å²) in [7, 11) is 0. The second-order valence-electron chi connectivity index (χ2n) is 4.89. The van der Waals surface area contributed by atoms with Crippen LogP contribution in [0.25, 0.3) is 6.08 Å². The molecule has 0 amide bonds. The van der Waals surface area contributed by atoms with E-state index >= 15 is 0 Å². The minimum Gasteiger partial charge on any atom is -0.454 e. The van der Waals surface area contributed by atoms with Gasteiger partial charge in [-0.15, -0.1) is 0 Å². The monoisotopic (exact) mass is 362 g/mol. The number of hydrogen-bond acceptors (Lipinski definition) is 4. The van der Waals surface area contributed by atoms with Crippen molar-refractivity contribution in [2.24, 2.45) is 0 Å². The number of halogens is 1. The van der Waals surface area contributed by atoms with E-state index in [1.165, 1.54) is 0 Å². The molecule has 0 radical (unpaired) electrons. The van der Waals surface area contributed by atoms with Crippen LogP contribution in [-0.2, 0) is 6.61 Å². The SMILES string of the molecule is OCc1ccccc1/C=C/C(O)c1cc2c(cc1Br)OCO2. The van der Waals surface area contributed by atoms with Crippen molar-refractivity contribution in [1.82, 2.24) is 0 Å². The first kappa shape index (κ1) is 15.1. The fourth-order valence-electron chi connectivity index (χ4n) is 2.30. The van der Waals surface area contributed by atoms with Crippen LogP contribution in [0, 0.1) is 0 Å². The van der Waals surface area contributed by atoms with Gasteiger partial charge in [0.2, 0.25) is 6.79 Å². The first-order valence-electron chi connectivity index (χ1n) is 6.83. The lowest BCUT2D eigenvalue weighted by Crippen LogP contribution is -1.95. The molecule has 22 heavy (non-hydrogen) atoms. The summed E-state index contributed by atoms with van der Waals surface area (Å²) in [5.74, 6) is 1.29. The molecule has 3 rings (SSSR count). The Morgan fingerprint density at radius 1 is 1.18 bits per heavy atom. The van der Waals surface area contributed by atoms with Gasteiger partial charge in [-0.2, -0.15) is 0 Å². The van der Waals surface area contributed by atoms with E-state index in [9.17, 15) is 10.2 Å². The molecule has 0 fully saturated rings. The summed E-state index contributed by atoms with van der Waals surface area (Å²) in [5, 5.41) is 19.7. The molecule has 1 unspecified atom stereocenters. The van der Waals surface area contributed by atoms with Crippen LogP contribution in [0.3, 0.4) is 0 Å². The largest absolute Gasteiger partial charge is 0.454 e. The lowest BCUT2D eigenvalue weighted by molar-refractivity contribution is 0.173. The van der Waals surface area contributed by atoms with E-state index in [2.05, 4.69) is 15.9 Å². The van der Waals surface area contributed by atoms with Crippen LogP contribution in [0.2, 0.25) is 0 Å². The molecule has 1 aliphatic rings. The number of benzene rings is 2. The third kappa shape index (κ3) is 3.02. The number of aliphatic hydroxyl groups is 2. The molecule has 0 saturated heterocycles. The molecule has 2 N–H and O–H groups in total. The second-order valence-corrected chi connectivity index (χ2v) is 5.74. The molecule has 1 heterocycles. The van der Waals surface area contributed by atoms with Gasteiger partial charge in [-0.1, -0.05) is 52.3 Å². The highest BCUT2D eigenvalue weighted by Crippen LogP contribution is 2.39. The third-order valence-electron chi connectivity index (χ3n) is 3.49. The van der Waals surface area contributed by atoms with Gasteiger partial charge in [-0.25, -0.2) is 0 Å². The van der Waals surface area contributed by atoms with Crippen molar-refractivity contribution in [3.8, 4) is 11.5 Å². The fourth-order valence-corrected chi connectivity index (χ4v) is 2.86. The van der Waals surface area contributed by atoms with Crippen molar-refractivity contribution < 1.29 is 19.7 Å². The van der Waals surface area contributed by atoms with Crippen LogP contribution in [-0.4, -0.2) is 17.0 Å². The maximum absolute atomic E-state index is 10.4. The van der Waals surface area contributed by atoms with E-state index in [1.54, 1.807) is 24.3 Å². The van der Waals surface area contributed by atoms with Crippen molar-refractivity contribution in [2.45, 2.75) is 12.7 Å². The molecule has 0 spiro atoms. The number of hydrogen-bond donors (Lipinski definition) is 2. The smallest absolute Gasteiger partial charge is 0.231 e. The molecule has 1 aliphatic heterocycles.